The minimum absolute atomic E-state index is 1.02. The van der Waals surface area contributed by atoms with Gasteiger partial charge in [0, 0.05) is 22.3 Å². The molecule has 0 amide bonds. The summed E-state index contributed by atoms with van der Waals surface area (Å²) in [7, 11) is 0. The van der Waals surface area contributed by atoms with Gasteiger partial charge in [-0.15, -0.1) is 0 Å². The molecule has 0 fully saturated rings. The zero-order chi connectivity index (χ0) is 27.2. The highest BCUT2D eigenvalue weighted by Crippen LogP contribution is 2.44. The molecule has 206 valence electrons. The Morgan fingerprint density at radius 2 is 1.03 bits per heavy atom. The largest absolute Gasteiger partial charge is 0.493 e. The van der Waals surface area contributed by atoms with Gasteiger partial charge in [-0.3, -0.25) is 0 Å². The molecule has 1 aliphatic rings. The van der Waals surface area contributed by atoms with Gasteiger partial charge in [0.15, 0.2) is 0 Å². The molecule has 2 aromatic rings. The molecular weight excluding hydrogens is 460 g/mol. The van der Waals surface area contributed by atoms with E-state index in [-0.39, 0.29) is 0 Å². The molecule has 3 rings (SSSR count). The van der Waals surface area contributed by atoms with Gasteiger partial charge in [-0.1, -0.05) is 103 Å². The fourth-order valence-electron chi connectivity index (χ4n) is 5.73. The van der Waals surface area contributed by atoms with Gasteiger partial charge in [0.25, 0.3) is 0 Å². The fourth-order valence-corrected chi connectivity index (χ4v) is 5.73. The minimum Gasteiger partial charge on any atom is -0.493 e. The van der Waals surface area contributed by atoms with Crippen LogP contribution in [0.15, 0.2) is 59.7 Å². The van der Waals surface area contributed by atoms with Crippen molar-refractivity contribution in [3.8, 4) is 0 Å². The first kappa shape index (κ1) is 30.1. The summed E-state index contributed by atoms with van der Waals surface area (Å²) in [5, 5.41) is 0. The van der Waals surface area contributed by atoms with E-state index in [0.717, 1.165) is 48.2 Å². The lowest BCUT2D eigenvalue weighted by atomic mass is 9.91. The minimum atomic E-state index is 1.02. The molecular formula is C36H52N2. The Morgan fingerprint density at radius 1 is 0.500 bits per heavy atom. The lowest BCUT2D eigenvalue weighted by Crippen LogP contribution is -2.03. The van der Waals surface area contributed by atoms with Crippen molar-refractivity contribution in [3.05, 3.63) is 87.5 Å². The highest BCUT2D eigenvalue weighted by Gasteiger charge is 2.35. The van der Waals surface area contributed by atoms with Gasteiger partial charge < -0.3 is 5.53 Å². The Kier molecular flexibility index (Phi) is 13.0. The van der Waals surface area contributed by atoms with E-state index in [4.69, 9.17) is 0 Å². The van der Waals surface area contributed by atoms with Crippen molar-refractivity contribution in [2.24, 2.45) is 0 Å². The van der Waals surface area contributed by atoms with Crippen LogP contribution in [0.4, 0.5) is 0 Å². The first-order valence-electron chi connectivity index (χ1n) is 15.8. The number of aryl methyl sites for hydroxylation is 2. The SMILES string of the molecule is CCCCCCC1=C(c2ccc(CCCCC)cc2)[N+](=[N-])C(c2cccc(CCCC)c2)=C1CCCCC. The van der Waals surface area contributed by atoms with Crippen LogP contribution in [-0.2, 0) is 12.8 Å². The van der Waals surface area contributed by atoms with Crippen LogP contribution in [0.5, 0.6) is 0 Å². The van der Waals surface area contributed by atoms with Crippen molar-refractivity contribution in [2.45, 2.75) is 130 Å². The Balaban J connectivity index is 2.03. The second kappa shape index (κ2) is 16.5. The van der Waals surface area contributed by atoms with E-state index in [1.54, 1.807) is 4.70 Å². The predicted octanol–water partition coefficient (Wildman–Crippen LogP) is 11.5. The summed E-state index contributed by atoms with van der Waals surface area (Å²) in [6.07, 6.45) is 19.0. The summed E-state index contributed by atoms with van der Waals surface area (Å²) in [5.41, 5.74) is 21.7. The van der Waals surface area contributed by atoms with Gasteiger partial charge >= 0.3 is 0 Å². The molecule has 0 aliphatic carbocycles. The number of nitrogens with zero attached hydrogens (tertiary/aromatic N) is 2. The van der Waals surface area contributed by atoms with Crippen molar-refractivity contribution in [3.63, 3.8) is 0 Å². The smallest absolute Gasteiger partial charge is 0.211 e. The fraction of sp³-hybridized carbons (Fsp3) is 0.556. The average molecular weight is 513 g/mol. The average Bonchev–Trinajstić information content (AvgIpc) is 3.21. The zero-order valence-corrected chi connectivity index (χ0v) is 24.8. The number of hydrogen-bond acceptors (Lipinski definition) is 0. The lowest BCUT2D eigenvalue weighted by molar-refractivity contribution is -0.345. The van der Waals surface area contributed by atoms with Crippen LogP contribution >= 0.6 is 0 Å². The number of benzene rings is 2. The van der Waals surface area contributed by atoms with E-state index in [0.29, 0.717) is 0 Å². The molecule has 0 radical (unpaired) electrons. The predicted molar refractivity (Wildman–Crippen MR) is 165 cm³/mol. The standard InChI is InChI=1S/C36H52N2/c1-5-9-13-16-23-33-34(22-15-11-7-3)36(32-21-17-20-30(28-32)18-12-8-4)38(37)35(33)31-26-24-29(25-27-31)19-14-10-6-2/h17,20-21,24-28H,5-16,18-19,22-23H2,1-4H3. The monoisotopic (exact) mass is 512 g/mol. The van der Waals surface area contributed by atoms with E-state index in [9.17, 15) is 5.53 Å². The Bertz CT molecular complexity index is 1070. The van der Waals surface area contributed by atoms with Gasteiger partial charge in [0.05, 0.1) is 0 Å². The van der Waals surface area contributed by atoms with Crippen molar-refractivity contribution in [1.82, 2.24) is 0 Å². The third kappa shape index (κ3) is 8.26. The summed E-state index contributed by atoms with van der Waals surface area (Å²) < 4.78 is 1.56. The molecule has 0 saturated heterocycles. The first-order chi connectivity index (χ1) is 18.6. The second-order valence-electron chi connectivity index (χ2n) is 11.2. The van der Waals surface area contributed by atoms with Gasteiger partial charge in [-0.05, 0) is 86.8 Å². The molecule has 0 aromatic heterocycles. The number of allylic oxidation sites excluding steroid dienone is 2. The van der Waals surface area contributed by atoms with E-state index < -0.39 is 0 Å². The van der Waals surface area contributed by atoms with Crippen LogP contribution in [-0.4, -0.2) is 4.70 Å². The second-order valence-corrected chi connectivity index (χ2v) is 11.2. The third-order valence-electron chi connectivity index (χ3n) is 7.99. The van der Waals surface area contributed by atoms with E-state index in [1.165, 1.54) is 99.3 Å². The molecule has 0 N–H and O–H groups in total. The van der Waals surface area contributed by atoms with Crippen LogP contribution in [0.3, 0.4) is 0 Å². The van der Waals surface area contributed by atoms with E-state index in [2.05, 4.69) is 76.2 Å². The van der Waals surface area contributed by atoms with Crippen molar-refractivity contribution >= 4 is 11.4 Å². The quantitative estimate of drug-likeness (QED) is 0.140. The summed E-state index contributed by atoms with van der Waals surface area (Å²) in [6, 6.07) is 18.0. The van der Waals surface area contributed by atoms with Crippen LogP contribution < -0.4 is 0 Å². The molecule has 1 heterocycles. The molecule has 2 nitrogen and oxygen atoms in total. The number of hydrogen-bond donors (Lipinski definition) is 0. The molecule has 2 aromatic carbocycles. The maximum atomic E-state index is 11.9. The van der Waals surface area contributed by atoms with Crippen molar-refractivity contribution in [1.29, 1.82) is 0 Å². The van der Waals surface area contributed by atoms with Crippen LogP contribution in [0.1, 0.15) is 140 Å². The topological polar surface area (TPSA) is 25.3 Å². The molecule has 0 unspecified atom stereocenters. The molecule has 0 atom stereocenters. The first-order valence-corrected chi connectivity index (χ1v) is 15.8. The highest BCUT2D eigenvalue weighted by molar-refractivity contribution is 5.82. The summed E-state index contributed by atoms with van der Waals surface area (Å²) in [4.78, 5) is 0. The summed E-state index contributed by atoms with van der Waals surface area (Å²) >= 11 is 0. The van der Waals surface area contributed by atoms with Crippen LogP contribution in [0.2, 0.25) is 0 Å². The van der Waals surface area contributed by atoms with E-state index >= 15 is 0 Å². The van der Waals surface area contributed by atoms with Gasteiger partial charge in [0.2, 0.25) is 11.4 Å². The summed E-state index contributed by atoms with van der Waals surface area (Å²) in [6.45, 7) is 9.06. The third-order valence-corrected chi connectivity index (χ3v) is 7.99. The van der Waals surface area contributed by atoms with Crippen LogP contribution in [0.25, 0.3) is 16.9 Å². The molecule has 0 saturated carbocycles. The van der Waals surface area contributed by atoms with Crippen LogP contribution in [0, 0.1) is 0 Å². The zero-order valence-electron chi connectivity index (χ0n) is 24.8. The highest BCUT2D eigenvalue weighted by atomic mass is 15.2. The van der Waals surface area contributed by atoms with Gasteiger partial charge in [-0.2, -0.15) is 0 Å². The Labute approximate surface area is 233 Å². The maximum absolute atomic E-state index is 11.9. The van der Waals surface area contributed by atoms with Crippen molar-refractivity contribution in [2.75, 3.05) is 0 Å². The Hall–Kier alpha value is -2.48. The molecule has 0 spiro atoms. The molecule has 38 heavy (non-hydrogen) atoms. The number of rotatable bonds is 18. The maximum Gasteiger partial charge on any atom is 0.211 e. The lowest BCUT2D eigenvalue weighted by Gasteiger charge is -2.11. The van der Waals surface area contributed by atoms with Gasteiger partial charge in [0.1, 0.15) is 0 Å². The van der Waals surface area contributed by atoms with E-state index in [1.807, 2.05) is 0 Å². The molecule has 1 aliphatic heterocycles. The molecule has 2 heteroatoms. The number of unbranched alkanes of at least 4 members (excludes halogenated alkanes) is 8. The summed E-state index contributed by atoms with van der Waals surface area (Å²) in [5.74, 6) is 0. The normalized spacial score (nSPS) is 13.7. The molecule has 0 bridgehead atoms. The van der Waals surface area contributed by atoms with Crippen molar-refractivity contribution < 1.29 is 4.70 Å². The van der Waals surface area contributed by atoms with Gasteiger partial charge in [-0.25, -0.2) is 4.70 Å². The Morgan fingerprint density at radius 3 is 1.66 bits per heavy atom.